The van der Waals surface area contributed by atoms with Gasteiger partial charge >= 0.3 is 5.97 Å². The molecule has 0 bridgehead atoms. The van der Waals surface area contributed by atoms with Crippen LogP contribution < -0.4 is 14.2 Å². The first-order valence-corrected chi connectivity index (χ1v) is 11.0. The molecule has 0 aliphatic heterocycles. The third-order valence-corrected chi connectivity index (χ3v) is 5.24. The van der Waals surface area contributed by atoms with Gasteiger partial charge in [-0.05, 0) is 57.2 Å². The quantitative estimate of drug-likeness (QED) is 0.231. The molecule has 2 aromatic carbocycles. The average molecular weight is 425 g/mol. The third kappa shape index (κ3) is 4.71. The van der Waals surface area contributed by atoms with Gasteiger partial charge in [-0.15, -0.1) is 0 Å². The Balaban J connectivity index is 2.08. The number of carbonyl (C=O) groups excluding carboxylic acids is 1. The Labute approximate surface area is 185 Å². The molecule has 31 heavy (non-hydrogen) atoms. The predicted molar refractivity (Wildman–Crippen MR) is 122 cm³/mol. The van der Waals surface area contributed by atoms with E-state index in [0.29, 0.717) is 50.6 Å². The van der Waals surface area contributed by atoms with E-state index in [-0.39, 0.29) is 5.97 Å². The zero-order valence-electron chi connectivity index (χ0n) is 19.0. The van der Waals surface area contributed by atoms with E-state index in [2.05, 4.69) is 30.8 Å². The molecule has 166 valence electrons. The van der Waals surface area contributed by atoms with Crippen molar-refractivity contribution in [3.05, 3.63) is 53.1 Å². The zero-order valence-corrected chi connectivity index (χ0v) is 19.0. The number of hydrogen-bond donors (Lipinski definition) is 0. The summed E-state index contributed by atoms with van der Waals surface area (Å²) in [7, 11) is 0. The van der Waals surface area contributed by atoms with Crippen LogP contribution in [0.4, 0.5) is 0 Å². The van der Waals surface area contributed by atoms with Gasteiger partial charge < -0.3 is 18.9 Å². The summed E-state index contributed by atoms with van der Waals surface area (Å²) in [5, 5.41) is 0. The normalized spacial score (nSPS) is 11.5. The highest BCUT2D eigenvalue weighted by Gasteiger charge is 2.32. The minimum Gasteiger partial charge on any atom is -0.490 e. The van der Waals surface area contributed by atoms with E-state index in [4.69, 9.17) is 18.9 Å². The maximum Gasteiger partial charge on any atom is 0.333 e. The van der Waals surface area contributed by atoms with E-state index in [1.165, 1.54) is 11.1 Å². The lowest BCUT2D eigenvalue weighted by Gasteiger charge is -2.23. The lowest BCUT2D eigenvalue weighted by atomic mass is 9.94. The smallest absolute Gasteiger partial charge is 0.333 e. The van der Waals surface area contributed by atoms with E-state index in [1.54, 1.807) is 6.92 Å². The van der Waals surface area contributed by atoms with Crippen molar-refractivity contribution in [2.75, 3.05) is 26.4 Å². The molecule has 0 radical (unpaired) electrons. The van der Waals surface area contributed by atoms with Crippen LogP contribution in [0.2, 0.25) is 0 Å². The van der Waals surface area contributed by atoms with Gasteiger partial charge in [0.1, 0.15) is 0 Å². The van der Waals surface area contributed by atoms with E-state index >= 15 is 0 Å². The molecule has 0 aromatic heterocycles. The van der Waals surface area contributed by atoms with Crippen LogP contribution in [0.1, 0.15) is 50.8 Å². The fraction of sp³-hybridized carbons (Fsp3) is 0.423. The highest BCUT2D eigenvalue weighted by atomic mass is 16.5. The number of esters is 1. The minimum absolute atomic E-state index is 0.324. The summed E-state index contributed by atoms with van der Waals surface area (Å²) in [5.41, 5.74) is 6.27. The van der Waals surface area contributed by atoms with Crippen molar-refractivity contribution in [1.29, 1.82) is 0 Å². The van der Waals surface area contributed by atoms with Crippen LogP contribution in [0, 0.1) is 0 Å². The lowest BCUT2D eigenvalue weighted by Crippen LogP contribution is -2.10. The summed E-state index contributed by atoms with van der Waals surface area (Å²) in [6.45, 7) is 13.1. The van der Waals surface area contributed by atoms with Gasteiger partial charge in [-0.25, -0.2) is 4.79 Å². The topological polar surface area (TPSA) is 54.0 Å². The van der Waals surface area contributed by atoms with Gasteiger partial charge in [0.2, 0.25) is 5.75 Å². The number of hydrogen-bond acceptors (Lipinski definition) is 5. The second-order valence-corrected chi connectivity index (χ2v) is 7.47. The summed E-state index contributed by atoms with van der Waals surface area (Å²) in [4.78, 5) is 11.7. The van der Waals surface area contributed by atoms with Crippen molar-refractivity contribution in [3.63, 3.8) is 0 Å². The fourth-order valence-electron chi connectivity index (χ4n) is 4.03. The second kappa shape index (κ2) is 10.4. The molecule has 0 spiro atoms. The van der Waals surface area contributed by atoms with Gasteiger partial charge in [-0.2, -0.15) is 0 Å². The first-order chi connectivity index (χ1) is 15.0. The van der Waals surface area contributed by atoms with Crippen LogP contribution in [0.15, 0.2) is 36.4 Å². The van der Waals surface area contributed by atoms with Gasteiger partial charge in [-0.1, -0.05) is 30.8 Å². The van der Waals surface area contributed by atoms with Crippen molar-refractivity contribution in [2.45, 2.75) is 47.0 Å². The van der Waals surface area contributed by atoms with Crippen molar-refractivity contribution in [3.8, 4) is 28.4 Å². The number of fused-ring (bicyclic) bond motifs is 3. The molecule has 0 unspecified atom stereocenters. The van der Waals surface area contributed by atoms with Gasteiger partial charge in [0.25, 0.3) is 0 Å². The van der Waals surface area contributed by atoms with Crippen molar-refractivity contribution >= 4 is 5.97 Å². The standard InChI is InChI=1S/C26H32O5/c1-6-28-23-20(14-11-15-31-26(27)17(4)5)22-19-13-10-9-12-18(19)16-21(22)24(29-7-2)25(23)30-8-3/h9-10,12-13H,4,6-8,11,14-16H2,1-3,5H3. The Hall–Kier alpha value is -2.95. The van der Waals surface area contributed by atoms with Crippen LogP contribution in [-0.4, -0.2) is 32.4 Å². The molecule has 3 rings (SSSR count). The molecule has 0 saturated carbocycles. The maximum absolute atomic E-state index is 11.7. The fourth-order valence-corrected chi connectivity index (χ4v) is 4.03. The molecule has 1 aliphatic carbocycles. The number of benzene rings is 2. The first kappa shape index (κ1) is 22.7. The molecule has 0 atom stereocenters. The molecule has 5 heteroatoms. The predicted octanol–water partition coefficient (Wildman–Crippen LogP) is 5.51. The second-order valence-electron chi connectivity index (χ2n) is 7.47. The summed E-state index contributed by atoms with van der Waals surface area (Å²) < 4.78 is 23.6. The number of ether oxygens (including phenoxy) is 4. The SMILES string of the molecule is C=C(C)C(=O)OCCCc1c(OCC)c(OCC)c(OCC)c2c1-c1ccccc1C2. The molecular formula is C26H32O5. The molecule has 0 fully saturated rings. The van der Waals surface area contributed by atoms with Crippen LogP contribution in [0.25, 0.3) is 11.1 Å². The highest BCUT2D eigenvalue weighted by Crippen LogP contribution is 2.53. The molecule has 0 N–H and O–H groups in total. The summed E-state index contributed by atoms with van der Waals surface area (Å²) >= 11 is 0. The Kier molecular flexibility index (Phi) is 7.61. The van der Waals surface area contributed by atoms with E-state index in [1.807, 2.05) is 20.8 Å². The van der Waals surface area contributed by atoms with Gasteiger partial charge in [-0.3, -0.25) is 0 Å². The Bertz CT molecular complexity index is 961. The van der Waals surface area contributed by atoms with E-state index in [0.717, 1.165) is 34.6 Å². The van der Waals surface area contributed by atoms with Crippen molar-refractivity contribution < 1.29 is 23.7 Å². The van der Waals surface area contributed by atoms with Gasteiger partial charge in [0, 0.05) is 23.1 Å². The molecule has 0 heterocycles. The van der Waals surface area contributed by atoms with Crippen LogP contribution in [0.3, 0.4) is 0 Å². The van der Waals surface area contributed by atoms with Gasteiger partial charge in [0.05, 0.1) is 26.4 Å². The molecule has 1 aliphatic rings. The summed E-state index contributed by atoms with van der Waals surface area (Å²) in [5.74, 6) is 1.82. The molecule has 5 nitrogen and oxygen atoms in total. The first-order valence-electron chi connectivity index (χ1n) is 11.0. The Morgan fingerprint density at radius 3 is 2.29 bits per heavy atom. The lowest BCUT2D eigenvalue weighted by molar-refractivity contribution is -0.139. The van der Waals surface area contributed by atoms with Crippen LogP contribution in [-0.2, 0) is 22.4 Å². The Morgan fingerprint density at radius 1 is 0.968 bits per heavy atom. The number of rotatable bonds is 11. The molecule has 2 aromatic rings. The van der Waals surface area contributed by atoms with Crippen LogP contribution >= 0.6 is 0 Å². The highest BCUT2D eigenvalue weighted by molar-refractivity contribution is 5.87. The maximum atomic E-state index is 11.7. The molecule has 0 amide bonds. The largest absolute Gasteiger partial charge is 0.490 e. The zero-order chi connectivity index (χ0) is 22.4. The third-order valence-electron chi connectivity index (χ3n) is 5.24. The number of carbonyl (C=O) groups is 1. The Morgan fingerprint density at radius 2 is 1.61 bits per heavy atom. The monoisotopic (exact) mass is 424 g/mol. The van der Waals surface area contributed by atoms with Crippen LogP contribution in [0.5, 0.6) is 17.2 Å². The summed E-state index contributed by atoms with van der Waals surface area (Å²) in [6.07, 6.45) is 2.17. The average Bonchev–Trinajstić information content (AvgIpc) is 3.14. The van der Waals surface area contributed by atoms with E-state index < -0.39 is 0 Å². The van der Waals surface area contributed by atoms with E-state index in [9.17, 15) is 4.79 Å². The minimum atomic E-state index is -0.359. The molecular weight excluding hydrogens is 392 g/mol. The van der Waals surface area contributed by atoms with Gasteiger partial charge in [0.15, 0.2) is 11.5 Å². The van der Waals surface area contributed by atoms with Crippen molar-refractivity contribution in [2.24, 2.45) is 0 Å². The molecule has 0 saturated heterocycles. The summed E-state index contributed by atoms with van der Waals surface area (Å²) in [6, 6.07) is 8.43. The van der Waals surface area contributed by atoms with Crippen molar-refractivity contribution in [1.82, 2.24) is 0 Å².